The van der Waals surface area contributed by atoms with Crippen LogP contribution in [0.25, 0.3) is 0 Å². The highest BCUT2D eigenvalue weighted by atomic mass is 16.6. The van der Waals surface area contributed by atoms with Gasteiger partial charge in [-0.3, -0.25) is 4.79 Å². The molecule has 0 aromatic heterocycles. The first kappa shape index (κ1) is 13.0. The number of amides is 1. The largest absolute Gasteiger partial charge is 0.458 e. The van der Waals surface area contributed by atoms with E-state index in [4.69, 9.17) is 10.5 Å². The van der Waals surface area contributed by atoms with Gasteiger partial charge in [-0.25, -0.2) is 4.79 Å². The number of carbonyl (C=O) groups excluding carboxylic acids is 2. The van der Waals surface area contributed by atoms with Gasteiger partial charge in [0.25, 0.3) is 5.91 Å². The molecule has 0 unspecified atom stereocenters. The molecule has 0 saturated carbocycles. The van der Waals surface area contributed by atoms with Crippen LogP contribution in [0.15, 0.2) is 0 Å². The van der Waals surface area contributed by atoms with Crippen molar-refractivity contribution in [2.75, 3.05) is 6.54 Å². The summed E-state index contributed by atoms with van der Waals surface area (Å²) in [4.78, 5) is 23.6. The van der Waals surface area contributed by atoms with Gasteiger partial charge in [0.05, 0.1) is 0 Å². The molecule has 0 aliphatic carbocycles. The zero-order valence-corrected chi connectivity index (χ0v) is 10.1. The Labute approximate surface area is 95.7 Å². The lowest BCUT2D eigenvalue weighted by molar-refractivity contribution is -0.164. The molecule has 0 bridgehead atoms. The number of rotatable bonds is 1. The van der Waals surface area contributed by atoms with Gasteiger partial charge in [-0.15, -0.1) is 0 Å². The molecule has 0 radical (unpaired) electrons. The van der Waals surface area contributed by atoms with Crippen molar-refractivity contribution in [3.05, 3.63) is 0 Å². The van der Waals surface area contributed by atoms with Gasteiger partial charge < -0.3 is 15.8 Å². The lowest BCUT2D eigenvalue weighted by Gasteiger charge is -2.28. The van der Waals surface area contributed by atoms with Gasteiger partial charge in [0.1, 0.15) is 5.60 Å². The van der Waals surface area contributed by atoms with Gasteiger partial charge in [-0.05, 0) is 40.0 Å². The number of esters is 1. The second kappa shape index (κ2) is 4.41. The van der Waals surface area contributed by atoms with Crippen molar-refractivity contribution in [1.29, 1.82) is 0 Å². The molecule has 1 atom stereocenters. The number of nitrogens with one attached hydrogen (secondary N) is 1. The Morgan fingerprint density at radius 1 is 1.44 bits per heavy atom. The number of hydrogen-bond acceptors (Lipinski definition) is 4. The van der Waals surface area contributed by atoms with Crippen LogP contribution in [-0.4, -0.2) is 29.6 Å². The Kier molecular flexibility index (Phi) is 3.57. The van der Waals surface area contributed by atoms with Crippen molar-refractivity contribution in [1.82, 2.24) is 5.32 Å². The first-order valence-corrected chi connectivity index (χ1v) is 5.56. The number of nitrogens with two attached hydrogens (primary N) is 1. The number of ether oxygens (including phenoxy) is 1. The van der Waals surface area contributed by atoms with Crippen molar-refractivity contribution in [2.45, 2.75) is 51.2 Å². The van der Waals surface area contributed by atoms with Crippen LogP contribution in [0.2, 0.25) is 0 Å². The Morgan fingerprint density at radius 3 is 2.62 bits per heavy atom. The summed E-state index contributed by atoms with van der Waals surface area (Å²) < 4.78 is 5.18. The van der Waals surface area contributed by atoms with E-state index in [1.54, 1.807) is 20.8 Å². The maximum absolute atomic E-state index is 11.9. The van der Waals surface area contributed by atoms with Gasteiger partial charge in [-0.1, -0.05) is 0 Å². The second-order valence-corrected chi connectivity index (χ2v) is 5.19. The maximum atomic E-state index is 11.9. The van der Waals surface area contributed by atoms with E-state index in [0.29, 0.717) is 13.0 Å². The molecule has 1 aliphatic rings. The number of hydrogen-bond donors (Lipinski definition) is 2. The van der Waals surface area contributed by atoms with Gasteiger partial charge >= 0.3 is 5.97 Å². The average Bonchev–Trinajstić information content (AvgIpc) is 2.28. The Morgan fingerprint density at radius 2 is 2.06 bits per heavy atom. The van der Waals surface area contributed by atoms with E-state index in [2.05, 4.69) is 5.32 Å². The lowest BCUT2D eigenvalue weighted by Crippen LogP contribution is -2.60. The molecular formula is C11H20N2O3. The van der Waals surface area contributed by atoms with E-state index in [-0.39, 0.29) is 0 Å². The lowest BCUT2D eigenvalue weighted by atomic mass is 9.94. The molecule has 3 N–H and O–H groups in total. The second-order valence-electron chi connectivity index (χ2n) is 5.19. The molecule has 16 heavy (non-hydrogen) atoms. The van der Waals surface area contributed by atoms with Crippen molar-refractivity contribution < 1.29 is 14.3 Å². The van der Waals surface area contributed by atoms with E-state index in [9.17, 15) is 9.59 Å². The van der Waals surface area contributed by atoms with Gasteiger partial charge in [0.15, 0.2) is 5.54 Å². The molecule has 0 aromatic carbocycles. The molecule has 1 saturated heterocycles. The highest BCUT2D eigenvalue weighted by molar-refractivity contribution is 6.07. The summed E-state index contributed by atoms with van der Waals surface area (Å²) in [5, 5.41) is 2.64. The van der Waals surface area contributed by atoms with Crippen LogP contribution in [0.1, 0.15) is 40.0 Å². The Hall–Kier alpha value is -1.10. The van der Waals surface area contributed by atoms with Crippen LogP contribution in [0.3, 0.4) is 0 Å². The maximum Gasteiger partial charge on any atom is 0.336 e. The summed E-state index contributed by atoms with van der Waals surface area (Å²) >= 11 is 0. The molecular weight excluding hydrogens is 208 g/mol. The molecule has 1 fully saturated rings. The summed E-state index contributed by atoms with van der Waals surface area (Å²) in [5.74, 6) is -1.07. The molecule has 5 nitrogen and oxygen atoms in total. The van der Waals surface area contributed by atoms with E-state index in [1.165, 1.54) is 0 Å². The third kappa shape index (κ3) is 2.95. The predicted molar refractivity (Wildman–Crippen MR) is 59.6 cm³/mol. The molecule has 1 rings (SSSR count). The zero-order chi connectivity index (χ0) is 12.4. The van der Waals surface area contributed by atoms with Crippen LogP contribution < -0.4 is 11.1 Å². The van der Waals surface area contributed by atoms with E-state index in [0.717, 1.165) is 12.8 Å². The Balaban J connectivity index is 2.81. The molecule has 1 amide bonds. The third-order valence-electron chi connectivity index (χ3n) is 2.45. The fourth-order valence-corrected chi connectivity index (χ4v) is 1.57. The standard InChI is InChI=1S/C11H20N2O3/c1-10(2,3)16-9(15)11(12)6-4-5-7-13-8(11)14/h4-7,12H2,1-3H3,(H,13,14)/t11-/m1/s1. The van der Waals surface area contributed by atoms with Gasteiger partial charge in [-0.2, -0.15) is 0 Å². The van der Waals surface area contributed by atoms with Crippen LogP contribution in [0, 0.1) is 0 Å². The van der Waals surface area contributed by atoms with Crippen molar-refractivity contribution in [2.24, 2.45) is 5.73 Å². The molecule has 0 aromatic rings. The van der Waals surface area contributed by atoms with Crippen LogP contribution in [0.4, 0.5) is 0 Å². The van der Waals surface area contributed by atoms with E-state index >= 15 is 0 Å². The van der Waals surface area contributed by atoms with Crippen LogP contribution in [-0.2, 0) is 14.3 Å². The van der Waals surface area contributed by atoms with Crippen LogP contribution >= 0.6 is 0 Å². The first-order valence-electron chi connectivity index (χ1n) is 5.56. The van der Waals surface area contributed by atoms with Crippen molar-refractivity contribution in [3.63, 3.8) is 0 Å². The highest BCUT2D eigenvalue weighted by Crippen LogP contribution is 2.20. The average molecular weight is 228 g/mol. The minimum atomic E-state index is -1.52. The summed E-state index contributed by atoms with van der Waals surface area (Å²) in [6, 6.07) is 0. The first-order chi connectivity index (χ1) is 7.26. The van der Waals surface area contributed by atoms with E-state index < -0.39 is 23.0 Å². The minimum Gasteiger partial charge on any atom is -0.458 e. The summed E-state index contributed by atoms with van der Waals surface area (Å²) in [6.07, 6.45) is 1.93. The smallest absolute Gasteiger partial charge is 0.336 e. The monoisotopic (exact) mass is 228 g/mol. The molecule has 5 heteroatoms. The molecule has 1 aliphatic heterocycles. The Bertz CT molecular complexity index is 296. The zero-order valence-electron chi connectivity index (χ0n) is 10.1. The predicted octanol–water partition coefficient (Wildman–Crippen LogP) is 0.326. The van der Waals surface area contributed by atoms with Crippen LogP contribution in [0.5, 0.6) is 0 Å². The fraction of sp³-hybridized carbons (Fsp3) is 0.818. The fourth-order valence-electron chi connectivity index (χ4n) is 1.57. The van der Waals surface area contributed by atoms with Crippen molar-refractivity contribution in [3.8, 4) is 0 Å². The third-order valence-corrected chi connectivity index (χ3v) is 2.45. The highest BCUT2D eigenvalue weighted by Gasteiger charge is 2.45. The number of carbonyl (C=O) groups is 2. The summed E-state index contributed by atoms with van der Waals surface area (Å²) in [7, 11) is 0. The summed E-state index contributed by atoms with van der Waals surface area (Å²) in [5.41, 5.74) is 3.71. The minimum absolute atomic E-state index is 0.341. The molecule has 92 valence electrons. The normalized spacial score (nSPS) is 26.9. The molecule has 0 spiro atoms. The SMILES string of the molecule is CC(C)(C)OC(=O)[C@@]1(N)CCCCNC1=O. The van der Waals surface area contributed by atoms with Gasteiger partial charge in [0, 0.05) is 6.54 Å². The summed E-state index contributed by atoms with van der Waals surface area (Å²) in [6.45, 7) is 5.83. The van der Waals surface area contributed by atoms with E-state index in [1.807, 2.05) is 0 Å². The quantitative estimate of drug-likeness (QED) is 0.500. The van der Waals surface area contributed by atoms with Crippen molar-refractivity contribution >= 4 is 11.9 Å². The molecule has 1 heterocycles. The topological polar surface area (TPSA) is 81.4 Å². The van der Waals surface area contributed by atoms with Gasteiger partial charge in [0.2, 0.25) is 0 Å².